The quantitative estimate of drug-likeness (QED) is 0.412. The van der Waals surface area contributed by atoms with Gasteiger partial charge in [0.2, 0.25) is 11.8 Å². The van der Waals surface area contributed by atoms with Gasteiger partial charge in [0.25, 0.3) is 5.91 Å². The average Bonchev–Trinajstić information content (AvgIpc) is 3.47. The van der Waals surface area contributed by atoms with Crippen molar-refractivity contribution in [3.05, 3.63) is 88.2 Å². The number of aromatic nitrogens is 2. The Balaban J connectivity index is 1.38. The highest BCUT2D eigenvalue weighted by atomic mass is 32.1. The molecule has 0 spiro atoms. The fourth-order valence-corrected chi connectivity index (χ4v) is 3.77. The van der Waals surface area contributed by atoms with Crippen molar-refractivity contribution in [1.82, 2.24) is 15.3 Å². The molecule has 0 fully saturated rings. The first-order valence-corrected chi connectivity index (χ1v) is 11.0. The molecule has 0 saturated carbocycles. The second kappa shape index (κ2) is 10.0. The van der Waals surface area contributed by atoms with Crippen molar-refractivity contribution < 1.29 is 14.0 Å². The van der Waals surface area contributed by atoms with Gasteiger partial charge in [-0.25, -0.2) is 4.98 Å². The lowest BCUT2D eigenvalue weighted by Gasteiger charge is -2.06. The largest absolute Gasteiger partial charge is 0.441 e. The Hall–Kier alpha value is -3.78. The molecule has 162 valence electrons. The van der Waals surface area contributed by atoms with Crippen LogP contribution in [0, 0.1) is 6.92 Å². The van der Waals surface area contributed by atoms with Crippen LogP contribution in [0.3, 0.4) is 0 Å². The Labute approximate surface area is 189 Å². The van der Waals surface area contributed by atoms with Crippen molar-refractivity contribution in [3.63, 3.8) is 0 Å². The van der Waals surface area contributed by atoms with Gasteiger partial charge in [0.15, 0.2) is 0 Å². The number of nitrogens with zero attached hydrogens (tertiary/aromatic N) is 2. The molecule has 0 radical (unpaired) electrons. The molecule has 2 N–H and O–H groups in total. The summed E-state index contributed by atoms with van der Waals surface area (Å²) in [6.45, 7) is 2.09. The lowest BCUT2D eigenvalue weighted by Crippen LogP contribution is -2.22. The SMILES string of the molecule is Cc1oc(-c2cccc(NC(=O)CCc3cccnc3)c2)nc1CNC(=O)c1cccs1. The van der Waals surface area contributed by atoms with Gasteiger partial charge >= 0.3 is 0 Å². The Kier molecular flexibility index (Phi) is 6.72. The molecular formula is C24H22N4O3S. The lowest BCUT2D eigenvalue weighted by molar-refractivity contribution is -0.116. The third-order valence-corrected chi connectivity index (χ3v) is 5.68. The fourth-order valence-electron chi connectivity index (χ4n) is 3.13. The van der Waals surface area contributed by atoms with Crippen LogP contribution in [-0.2, 0) is 17.8 Å². The number of pyridine rings is 1. The fraction of sp³-hybridized carbons (Fsp3) is 0.167. The number of aryl methyl sites for hydroxylation is 2. The molecule has 0 aliphatic heterocycles. The summed E-state index contributed by atoms with van der Waals surface area (Å²) in [7, 11) is 0. The topological polar surface area (TPSA) is 97.1 Å². The number of hydrogen-bond donors (Lipinski definition) is 2. The van der Waals surface area contributed by atoms with Crippen LogP contribution in [0.4, 0.5) is 5.69 Å². The van der Waals surface area contributed by atoms with Gasteiger partial charge < -0.3 is 15.1 Å². The van der Waals surface area contributed by atoms with E-state index in [4.69, 9.17) is 4.42 Å². The third kappa shape index (κ3) is 5.47. The maximum absolute atomic E-state index is 12.3. The molecule has 4 rings (SSSR count). The molecule has 0 atom stereocenters. The number of amides is 2. The Bertz CT molecular complexity index is 1200. The molecule has 0 saturated heterocycles. The summed E-state index contributed by atoms with van der Waals surface area (Å²) in [5.74, 6) is 0.859. The van der Waals surface area contributed by atoms with Crippen LogP contribution in [0.5, 0.6) is 0 Å². The zero-order chi connectivity index (χ0) is 22.3. The molecule has 1 aromatic carbocycles. The number of carbonyl (C=O) groups is 2. The van der Waals surface area contributed by atoms with Gasteiger partial charge in [-0.3, -0.25) is 14.6 Å². The number of rotatable bonds is 8. The molecule has 32 heavy (non-hydrogen) atoms. The first-order valence-electron chi connectivity index (χ1n) is 10.2. The number of carbonyl (C=O) groups excluding carboxylic acids is 2. The van der Waals surface area contributed by atoms with Gasteiger partial charge in [0, 0.05) is 30.1 Å². The number of benzene rings is 1. The van der Waals surface area contributed by atoms with Gasteiger partial charge in [-0.2, -0.15) is 0 Å². The monoisotopic (exact) mass is 446 g/mol. The summed E-state index contributed by atoms with van der Waals surface area (Å²) >= 11 is 1.39. The third-order valence-electron chi connectivity index (χ3n) is 4.81. The molecule has 0 bridgehead atoms. The van der Waals surface area contributed by atoms with Crippen molar-refractivity contribution in [3.8, 4) is 11.5 Å². The second-order valence-electron chi connectivity index (χ2n) is 7.17. The number of anilines is 1. The molecule has 2 amide bonds. The van der Waals surface area contributed by atoms with E-state index in [9.17, 15) is 9.59 Å². The van der Waals surface area contributed by atoms with Crippen LogP contribution in [0.25, 0.3) is 11.5 Å². The Morgan fingerprint density at radius 2 is 2.03 bits per heavy atom. The number of oxazole rings is 1. The normalized spacial score (nSPS) is 10.7. The number of hydrogen-bond acceptors (Lipinski definition) is 6. The number of nitrogens with one attached hydrogen (secondary N) is 2. The van der Waals surface area contributed by atoms with E-state index in [1.165, 1.54) is 11.3 Å². The molecule has 8 heteroatoms. The molecule has 3 heterocycles. The summed E-state index contributed by atoms with van der Waals surface area (Å²) in [5.41, 5.74) is 3.09. The molecule has 0 unspecified atom stereocenters. The van der Waals surface area contributed by atoms with E-state index in [0.717, 1.165) is 11.1 Å². The van der Waals surface area contributed by atoms with E-state index in [2.05, 4.69) is 20.6 Å². The van der Waals surface area contributed by atoms with Crippen molar-refractivity contribution in [2.75, 3.05) is 5.32 Å². The minimum Gasteiger partial charge on any atom is -0.441 e. The van der Waals surface area contributed by atoms with Crippen LogP contribution in [0.15, 0.2) is 70.7 Å². The predicted molar refractivity (Wildman–Crippen MR) is 123 cm³/mol. The lowest BCUT2D eigenvalue weighted by atomic mass is 10.1. The average molecular weight is 447 g/mol. The van der Waals surface area contributed by atoms with Crippen molar-refractivity contribution in [1.29, 1.82) is 0 Å². The van der Waals surface area contributed by atoms with Gasteiger partial charge in [-0.1, -0.05) is 18.2 Å². The van der Waals surface area contributed by atoms with Gasteiger partial charge in [0.1, 0.15) is 11.5 Å². The van der Waals surface area contributed by atoms with E-state index in [1.807, 2.05) is 54.8 Å². The van der Waals surface area contributed by atoms with Gasteiger partial charge in [-0.15, -0.1) is 11.3 Å². The minimum absolute atomic E-state index is 0.0773. The van der Waals surface area contributed by atoms with E-state index in [-0.39, 0.29) is 18.4 Å². The van der Waals surface area contributed by atoms with Crippen LogP contribution in [-0.4, -0.2) is 21.8 Å². The summed E-state index contributed by atoms with van der Waals surface area (Å²) in [5, 5.41) is 7.63. The zero-order valence-corrected chi connectivity index (χ0v) is 18.3. The highest BCUT2D eigenvalue weighted by Crippen LogP contribution is 2.24. The maximum Gasteiger partial charge on any atom is 0.261 e. The summed E-state index contributed by atoms with van der Waals surface area (Å²) < 4.78 is 5.81. The molecule has 3 aromatic heterocycles. The van der Waals surface area contributed by atoms with E-state index >= 15 is 0 Å². The predicted octanol–water partition coefficient (Wildman–Crippen LogP) is 4.61. The van der Waals surface area contributed by atoms with Crippen LogP contribution in [0.2, 0.25) is 0 Å². The van der Waals surface area contributed by atoms with Crippen LogP contribution >= 0.6 is 11.3 Å². The molecule has 4 aromatic rings. The molecule has 0 aliphatic rings. The van der Waals surface area contributed by atoms with Crippen molar-refractivity contribution in [2.45, 2.75) is 26.3 Å². The van der Waals surface area contributed by atoms with E-state index in [0.29, 0.717) is 40.8 Å². The maximum atomic E-state index is 12.3. The zero-order valence-electron chi connectivity index (χ0n) is 17.5. The number of thiophene rings is 1. The first kappa shape index (κ1) is 21.5. The van der Waals surface area contributed by atoms with Gasteiger partial charge in [-0.05, 0) is 54.6 Å². The first-order chi connectivity index (χ1) is 15.6. The van der Waals surface area contributed by atoms with Gasteiger partial charge in [0.05, 0.1) is 11.4 Å². The van der Waals surface area contributed by atoms with Crippen LogP contribution < -0.4 is 10.6 Å². The Morgan fingerprint density at radius 1 is 1.12 bits per heavy atom. The Morgan fingerprint density at radius 3 is 2.81 bits per heavy atom. The minimum atomic E-state index is -0.139. The molecular weight excluding hydrogens is 424 g/mol. The van der Waals surface area contributed by atoms with E-state index < -0.39 is 0 Å². The van der Waals surface area contributed by atoms with Crippen molar-refractivity contribution >= 4 is 28.8 Å². The van der Waals surface area contributed by atoms with E-state index in [1.54, 1.807) is 18.5 Å². The summed E-state index contributed by atoms with van der Waals surface area (Å²) in [6, 6.07) is 14.8. The van der Waals surface area contributed by atoms with Crippen LogP contribution in [0.1, 0.15) is 33.1 Å². The highest BCUT2D eigenvalue weighted by molar-refractivity contribution is 7.12. The molecule has 7 nitrogen and oxygen atoms in total. The second-order valence-corrected chi connectivity index (χ2v) is 8.12. The molecule has 0 aliphatic carbocycles. The highest BCUT2D eigenvalue weighted by Gasteiger charge is 2.14. The summed E-state index contributed by atoms with van der Waals surface area (Å²) in [6.07, 6.45) is 4.46. The standard InChI is InChI=1S/C24H22N4O3S/c1-16-20(15-26-23(30)21-8-4-12-32-21)28-24(31-16)18-6-2-7-19(13-18)27-22(29)10-9-17-5-3-11-25-14-17/h2-8,11-14H,9-10,15H2,1H3,(H,26,30)(H,27,29). The van der Waals surface area contributed by atoms with Crippen molar-refractivity contribution in [2.24, 2.45) is 0 Å². The smallest absolute Gasteiger partial charge is 0.261 e. The summed E-state index contributed by atoms with van der Waals surface area (Å²) in [4.78, 5) is 33.7.